The minimum absolute atomic E-state index is 0.0311. The van der Waals surface area contributed by atoms with Crippen LogP contribution < -0.4 is 0 Å². The van der Waals surface area contributed by atoms with E-state index in [2.05, 4.69) is 15.2 Å². The number of nitrogens with zero attached hydrogens (tertiary/aromatic N) is 3. The lowest BCUT2D eigenvalue weighted by molar-refractivity contribution is 0.153. The summed E-state index contributed by atoms with van der Waals surface area (Å²) < 4.78 is 0. The summed E-state index contributed by atoms with van der Waals surface area (Å²) in [5.41, 5.74) is 0. The van der Waals surface area contributed by atoms with Crippen molar-refractivity contribution >= 4 is 6.09 Å². The quantitative estimate of drug-likeness (QED) is 0.717. The van der Waals surface area contributed by atoms with Crippen molar-refractivity contribution in [1.29, 1.82) is 0 Å². The Kier molecular flexibility index (Phi) is 2.84. The average molecular weight is 184 g/mol. The highest BCUT2D eigenvalue weighted by atomic mass is 16.4. The number of nitrogens with one attached hydrogen (secondary N) is 1. The molecule has 1 atom stereocenters. The van der Waals surface area contributed by atoms with Crippen molar-refractivity contribution in [3.05, 3.63) is 12.2 Å². The van der Waals surface area contributed by atoms with Crippen LogP contribution in [0, 0.1) is 0 Å². The summed E-state index contributed by atoms with van der Waals surface area (Å²) in [4.78, 5) is 15.6. The molecule has 0 aliphatic rings. The van der Waals surface area contributed by atoms with Crippen LogP contribution in [0.25, 0.3) is 0 Å². The van der Waals surface area contributed by atoms with Crippen LogP contribution >= 0.6 is 0 Å². The Morgan fingerprint density at radius 1 is 1.85 bits per heavy atom. The molecule has 0 saturated heterocycles. The third-order valence-corrected chi connectivity index (χ3v) is 1.77. The van der Waals surface area contributed by atoms with Gasteiger partial charge in [-0.15, -0.1) is 0 Å². The molecule has 2 N–H and O–H groups in total. The number of aromatic amines is 1. The first-order valence-corrected chi connectivity index (χ1v) is 3.90. The second-order valence-corrected chi connectivity index (χ2v) is 2.93. The van der Waals surface area contributed by atoms with Crippen molar-refractivity contribution in [3.8, 4) is 0 Å². The molecule has 1 amide bonds. The van der Waals surface area contributed by atoms with Gasteiger partial charge in [-0.05, 0) is 0 Å². The lowest BCUT2D eigenvalue weighted by Crippen LogP contribution is -2.29. The summed E-state index contributed by atoms with van der Waals surface area (Å²) >= 11 is 0. The van der Waals surface area contributed by atoms with E-state index in [1.165, 1.54) is 18.3 Å². The Morgan fingerprint density at radius 2 is 2.54 bits per heavy atom. The molecule has 1 unspecified atom stereocenters. The Balaban J connectivity index is 2.51. The maximum atomic E-state index is 10.5. The van der Waals surface area contributed by atoms with Crippen LogP contribution in [0.15, 0.2) is 6.33 Å². The highest BCUT2D eigenvalue weighted by Crippen LogP contribution is 2.09. The normalized spacial score (nSPS) is 12.5. The lowest BCUT2D eigenvalue weighted by atomic mass is 10.1. The molecule has 0 aliphatic carbocycles. The van der Waals surface area contributed by atoms with Gasteiger partial charge in [-0.25, -0.2) is 9.78 Å². The number of likely N-dealkylation sites (N-methyl/N-ethyl adjacent to an activating group) is 1. The fourth-order valence-electron chi connectivity index (χ4n) is 1.03. The maximum Gasteiger partial charge on any atom is 0.407 e. The van der Waals surface area contributed by atoms with E-state index in [9.17, 15) is 4.79 Å². The summed E-state index contributed by atoms with van der Waals surface area (Å²) in [5, 5.41) is 15.0. The van der Waals surface area contributed by atoms with Gasteiger partial charge >= 0.3 is 6.09 Å². The van der Waals surface area contributed by atoms with Crippen LogP contribution in [0.4, 0.5) is 4.79 Å². The van der Waals surface area contributed by atoms with E-state index in [4.69, 9.17) is 5.11 Å². The molecule has 1 heterocycles. The SMILES string of the molecule is CC(CN(C)C(=O)O)c1ncn[nH]1. The topological polar surface area (TPSA) is 82.1 Å². The van der Waals surface area contributed by atoms with E-state index >= 15 is 0 Å². The van der Waals surface area contributed by atoms with Gasteiger partial charge < -0.3 is 10.0 Å². The zero-order valence-corrected chi connectivity index (χ0v) is 7.56. The summed E-state index contributed by atoms with van der Waals surface area (Å²) in [6.45, 7) is 2.30. The molecule has 0 bridgehead atoms. The first-order chi connectivity index (χ1) is 6.11. The van der Waals surface area contributed by atoms with Crippen LogP contribution in [-0.4, -0.2) is 44.9 Å². The molecule has 1 rings (SSSR count). The summed E-state index contributed by atoms with van der Waals surface area (Å²) in [6.07, 6.45) is 0.471. The highest BCUT2D eigenvalue weighted by molar-refractivity contribution is 5.64. The number of hydrogen-bond acceptors (Lipinski definition) is 3. The van der Waals surface area contributed by atoms with E-state index in [-0.39, 0.29) is 5.92 Å². The largest absolute Gasteiger partial charge is 0.465 e. The van der Waals surface area contributed by atoms with Gasteiger partial charge in [0, 0.05) is 19.5 Å². The Morgan fingerprint density at radius 3 is 3.00 bits per heavy atom. The first-order valence-electron chi connectivity index (χ1n) is 3.90. The Hall–Kier alpha value is -1.59. The molecule has 13 heavy (non-hydrogen) atoms. The third-order valence-electron chi connectivity index (χ3n) is 1.77. The predicted molar refractivity (Wildman–Crippen MR) is 45.5 cm³/mol. The highest BCUT2D eigenvalue weighted by Gasteiger charge is 2.14. The molecule has 0 fully saturated rings. The van der Waals surface area contributed by atoms with Crippen molar-refractivity contribution in [2.75, 3.05) is 13.6 Å². The minimum atomic E-state index is -0.939. The van der Waals surface area contributed by atoms with Gasteiger partial charge in [-0.3, -0.25) is 5.10 Å². The van der Waals surface area contributed by atoms with Crippen LogP contribution in [-0.2, 0) is 0 Å². The number of H-pyrrole nitrogens is 1. The predicted octanol–water partition coefficient (Wildman–Crippen LogP) is 0.518. The van der Waals surface area contributed by atoms with Gasteiger partial charge in [0.1, 0.15) is 12.2 Å². The van der Waals surface area contributed by atoms with Gasteiger partial charge in [0.05, 0.1) is 0 Å². The minimum Gasteiger partial charge on any atom is -0.465 e. The van der Waals surface area contributed by atoms with Crippen LogP contribution in [0.3, 0.4) is 0 Å². The van der Waals surface area contributed by atoms with Crippen LogP contribution in [0.2, 0.25) is 0 Å². The monoisotopic (exact) mass is 184 g/mol. The van der Waals surface area contributed by atoms with Gasteiger partial charge in [-0.2, -0.15) is 5.10 Å². The molecule has 0 saturated carbocycles. The van der Waals surface area contributed by atoms with Gasteiger partial charge in [0.2, 0.25) is 0 Å². The van der Waals surface area contributed by atoms with Gasteiger partial charge in [0.15, 0.2) is 0 Å². The fourth-order valence-corrected chi connectivity index (χ4v) is 1.03. The molecule has 0 spiro atoms. The second kappa shape index (κ2) is 3.88. The van der Waals surface area contributed by atoms with Crippen molar-refractivity contribution in [2.45, 2.75) is 12.8 Å². The van der Waals surface area contributed by atoms with Crippen LogP contribution in [0.1, 0.15) is 18.7 Å². The zero-order valence-electron chi connectivity index (χ0n) is 7.56. The fraction of sp³-hybridized carbons (Fsp3) is 0.571. The Labute approximate surface area is 75.6 Å². The van der Waals surface area contributed by atoms with E-state index in [0.29, 0.717) is 12.4 Å². The average Bonchev–Trinajstić information content (AvgIpc) is 2.55. The van der Waals surface area contributed by atoms with E-state index in [0.717, 1.165) is 0 Å². The zero-order chi connectivity index (χ0) is 9.84. The molecule has 0 aromatic carbocycles. The van der Waals surface area contributed by atoms with E-state index < -0.39 is 6.09 Å². The summed E-state index contributed by atoms with van der Waals surface area (Å²) in [7, 11) is 1.52. The molecule has 72 valence electrons. The number of hydrogen-bond donors (Lipinski definition) is 2. The molecule has 1 aromatic heterocycles. The molecule has 0 aliphatic heterocycles. The maximum absolute atomic E-state index is 10.5. The second-order valence-electron chi connectivity index (χ2n) is 2.93. The molecule has 6 nitrogen and oxygen atoms in total. The molecule has 6 heteroatoms. The smallest absolute Gasteiger partial charge is 0.407 e. The number of carboxylic acid groups (broad SMARTS) is 1. The number of rotatable bonds is 3. The van der Waals surface area contributed by atoms with Crippen molar-refractivity contribution in [1.82, 2.24) is 20.1 Å². The summed E-state index contributed by atoms with van der Waals surface area (Å²) in [5.74, 6) is 0.733. The molecular formula is C7H12N4O2. The van der Waals surface area contributed by atoms with Gasteiger partial charge in [0.25, 0.3) is 0 Å². The van der Waals surface area contributed by atoms with Crippen molar-refractivity contribution < 1.29 is 9.90 Å². The first kappa shape index (κ1) is 9.50. The standard InChI is InChI=1S/C7H12N4O2/c1-5(3-11(2)7(12)13)6-8-4-9-10-6/h4-5H,3H2,1-2H3,(H,12,13)(H,8,9,10). The molecule has 1 aromatic rings. The van der Waals surface area contributed by atoms with E-state index in [1.54, 1.807) is 0 Å². The van der Waals surface area contributed by atoms with E-state index in [1.807, 2.05) is 6.92 Å². The number of carbonyl (C=O) groups is 1. The van der Waals surface area contributed by atoms with Crippen LogP contribution in [0.5, 0.6) is 0 Å². The molecule has 0 radical (unpaired) electrons. The van der Waals surface area contributed by atoms with Crippen molar-refractivity contribution in [2.24, 2.45) is 0 Å². The summed E-state index contributed by atoms with van der Waals surface area (Å²) in [6, 6.07) is 0. The lowest BCUT2D eigenvalue weighted by Gasteiger charge is -2.16. The van der Waals surface area contributed by atoms with Gasteiger partial charge in [-0.1, -0.05) is 6.92 Å². The Bertz CT molecular complexity index is 272. The molecular weight excluding hydrogens is 172 g/mol. The number of amides is 1. The van der Waals surface area contributed by atoms with Crippen molar-refractivity contribution in [3.63, 3.8) is 0 Å². The third kappa shape index (κ3) is 2.43. The number of aromatic nitrogens is 3.